The number of H-pyrrole nitrogens is 1. The van der Waals surface area contributed by atoms with Crippen LogP contribution in [0.1, 0.15) is 23.3 Å². The molecule has 1 aliphatic rings. The Morgan fingerprint density at radius 2 is 2.15 bits per heavy atom. The zero-order valence-electron chi connectivity index (χ0n) is 15.0. The van der Waals surface area contributed by atoms with Crippen LogP contribution in [0.2, 0.25) is 0 Å². The third kappa shape index (κ3) is 3.80. The summed E-state index contributed by atoms with van der Waals surface area (Å²) in [4.78, 5) is 19.2. The minimum atomic E-state index is -0.128. The van der Waals surface area contributed by atoms with Gasteiger partial charge in [-0.15, -0.1) is 11.3 Å². The number of benzene rings is 1. The molecule has 3 aromatic rings. The number of nitrogens with zero attached hydrogens (tertiary/aromatic N) is 3. The number of ether oxygens (including phenoxy) is 1. The molecule has 140 valence electrons. The number of methoxy groups -OCH3 is 1. The van der Waals surface area contributed by atoms with Crippen molar-refractivity contribution in [2.24, 2.45) is 0 Å². The smallest absolute Gasteiger partial charge is 0.269 e. The van der Waals surface area contributed by atoms with Crippen molar-refractivity contribution >= 4 is 22.4 Å². The number of aromatic nitrogens is 3. The number of piperidine rings is 1. The topological polar surface area (TPSA) is 83.1 Å². The monoisotopic (exact) mass is 383 g/mol. The predicted octanol–water partition coefficient (Wildman–Crippen LogP) is 2.94. The fourth-order valence-corrected chi connectivity index (χ4v) is 3.98. The van der Waals surface area contributed by atoms with Gasteiger partial charge in [-0.1, -0.05) is 12.1 Å². The number of carbonyl (C=O) groups is 1. The van der Waals surface area contributed by atoms with Gasteiger partial charge < -0.3 is 15.0 Å². The highest BCUT2D eigenvalue weighted by Crippen LogP contribution is 2.28. The van der Waals surface area contributed by atoms with Crippen LogP contribution in [-0.2, 0) is 0 Å². The van der Waals surface area contributed by atoms with Crippen LogP contribution in [0.5, 0.6) is 5.75 Å². The van der Waals surface area contributed by atoms with Crippen LogP contribution < -0.4 is 15.0 Å². The highest BCUT2D eigenvalue weighted by atomic mass is 32.1. The molecular weight excluding hydrogens is 362 g/mol. The van der Waals surface area contributed by atoms with Crippen LogP contribution in [0, 0.1) is 0 Å². The Hall–Kier alpha value is -2.87. The number of para-hydroxylation sites is 1. The van der Waals surface area contributed by atoms with Crippen molar-refractivity contribution in [3.05, 3.63) is 47.6 Å². The maximum absolute atomic E-state index is 12.6. The van der Waals surface area contributed by atoms with E-state index in [2.05, 4.69) is 25.4 Å². The van der Waals surface area contributed by atoms with Gasteiger partial charge in [0.1, 0.15) is 11.4 Å². The lowest BCUT2D eigenvalue weighted by Crippen LogP contribution is -2.44. The van der Waals surface area contributed by atoms with Crippen molar-refractivity contribution in [2.75, 3.05) is 25.1 Å². The van der Waals surface area contributed by atoms with Gasteiger partial charge in [0.05, 0.1) is 12.8 Å². The van der Waals surface area contributed by atoms with Gasteiger partial charge in [0.15, 0.2) is 5.13 Å². The Bertz CT molecular complexity index is 900. The highest BCUT2D eigenvalue weighted by Gasteiger charge is 2.23. The number of nitrogens with one attached hydrogen (secondary N) is 2. The van der Waals surface area contributed by atoms with Crippen molar-refractivity contribution in [1.82, 2.24) is 20.5 Å². The van der Waals surface area contributed by atoms with E-state index in [1.54, 1.807) is 24.5 Å². The molecule has 1 fully saturated rings. The first-order valence-electron chi connectivity index (χ1n) is 8.88. The Morgan fingerprint density at radius 1 is 1.33 bits per heavy atom. The summed E-state index contributed by atoms with van der Waals surface area (Å²) in [6.45, 7) is 1.79. The Morgan fingerprint density at radius 3 is 2.89 bits per heavy atom. The molecule has 0 spiro atoms. The van der Waals surface area contributed by atoms with E-state index < -0.39 is 0 Å². The van der Waals surface area contributed by atoms with E-state index >= 15 is 0 Å². The fraction of sp³-hybridized carbons (Fsp3) is 0.316. The lowest BCUT2D eigenvalue weighted by molar-refractivity contribution is 0.0926. The van der Waals surface area contributed by atoms with Gasteiger partial charge in [-0.25, -0.2) is 4.98 Å². The van der Waals surface area contributed by atoms with E-state index in [-0.39, 0.29) is 11.9 Å². The second kappa shape index (κ2) is 7.79. The number of anilines is 1. The molecule has 1 saturated heterocycles. The van der Waals surface area contributed by atoms with Crippen LogP contribution in [0.25, 0.3) is 11.3 Å². The third-order valence-corrected chi connectivity index (χ3v) is 5.56. The number of thiazole rings is 1. The average Bonchev–Trinajstić information content (AvgIpc) is 3.41. The Balaban J connectivity index is 1.38. The van der Waals surface area contributed by atoms with E-state index in [0.29, 0.717) is 11.4 Å². The van der Waals surface area contributed by atoms with Gasteiger partial charge in [-0.3, -0.25) is 9.89 Å². The van der Waals surface area contributed by atoms with Gasteiger partial charge in [0.2, 0.25) is 0 Å². The number of hydrogen-bond donors (Lipinski definition) is 2. The van der Waals surface area contributed by atoms with Gasteiger partial charge in [0.25, 0.3) is 5.91 Å². The van der Waals surface area contributed by atoms with Gasteiger partial charge >= 0.3 is 0 Å². The number of hydrogen-bond acceptors (Lipinski definition) is 6. The summed E-state index contributed by atoms with van der Waals surface area (Å²) in [6.07, 6.45) is 3.63. The molecule has 4 rings (SSSR count). The molecule has 2 N–H and O–H groups in total. The van der Waals surface area contributed by atoms with Crippen LogP contribution in [0.4, 0.5) is 5.13 Å². The van der Waals surface area contributed by atoms with Gasteiger partial charge in [-0.2, -0.15) is 5.10 Å². The normalized spacial score (nSPS) is 14.9. The lowest BCUT2D eigenvalue weighted by atomic mass is 10.1. The summed E-state index contributed by atoms with van der Waals surface area (Å²) in [5, 5.41) is 13.3. The molecule has 7 nitrogen and oxygen atoms in total. The zero-order valence-corrected chi connectivity index (χ0v) is 15.8. The lowest BCUT2D eigenvalue weighted by Gasteiger charge is -2.32. The zero-order chi connectivity index (χ0) is 18.6. The molecule has 8 heteroatoms. The molecule has 0 bridgehead atoms. The molecule has 1 aromatic carbocycles. The fourth-order valence-electron chi connectivity index (χ4n) is 3.28. The van der Waals surface area contributed by atoms with Crippen molar-refractivity contribution in [3.8, 4) is 17.0 Å². The number of amides is 1. The molecule has 0 radical (unpaired) electrons. The molecule has 27 heavy (non-hydrogen) atoms. The maximum atomic E-state index is 12.6. The first-order chi connectivity index (χ1) is 13.2. The predicted molar refractivity (Wildman–Crippen MR) is 105 cm³/mol. The van der Waals surface area contributed by atoms with Crippen molar-refractivity contribution in [3.63, 3.8) is 0 Å². The molecule has 0 saturated carbocycles. The van der Waals surface area contributed by atoms with Crippen molar-refractivity contribution in [1.29, 1.82) is 0 Å². The maximum Gasteiger partial charge on any atom is 0.269 e. The van der Waals surface area contributed by atoms with E-state index in [1.807, 2.05) is 35.8 Å². The van der Waals surface area contributed by atoms with Gasteiger partial charge in [0, 0.05) is 36.3 Å². The van der Waals surface area contributed by atoms with Crippen LogP contribution >= 0.6 is 11.3 Å². The largest absolute Gasteiger partial charge is 0.496 e. The average molecular weight is 383 g/mol. The van der Waals surface area contributed by atoms with E-state index in [0.717, 1.165) is 42.4 Å². The number of carbonyl (C=O) groups excluding carboxylic acids is 1. The Kier molecular flexibility index (Phi) is 5.06. The first kappa shape index (κ1) is 17.5. The van der Waals surface area contributed by atoms with Crippen LogP contribution in [0.15, 0.2) is 41.9 Å². The molecule has 1 amide bonds. The summed E-state index contributed by atoms with van der Waals surface area (Å²) in [7, 11) is 1.62. The van der Waals surface area contributed by atoms with Crippen LogP contribution in [0.3, 0.4) is 0 Å². The molecule has 3 heterocycles. The SMILES string of the molecule is COc1ccccc1-c1cc(C(=O)NC2CCN(c3nccs3)CC2)[nH]n1. The third-order valence-electron chi connectivity index (χ3n) is 4.73. The summed E-state index contributed by atoms with van der Waals surface area (Å²) in [6, 6.07) is 9.54. The van der Waals surface area contributed by atoms with Crippen molar-refractivity contribution < 1.29 is 9.53 Å². The van der Waals surface area contributed by atoms with Crippen LogP contribution in [-0.4, -0.2) is 47.3 Å². The highest BCUT2D eigenvalue weighted by molar-refractivity contribution is 7.13. The standard InChI is InChI=1S/C19H21N5O2S/c1-26-17-5-3-2-4-14(17)15-12-16(23-22-15)18(25)21-13-6-9-24(10-7-13)19-20-8-11-27-19/h2-5,8,11-13H,6-7,9-10H2,1H3,(H,21,25)(H,22,23). The summed E-state index contributed by atoms with van der Waals surface area (Å²) >= 11 is 1.65. The minimum Gasteiger partial charge on any atom is -0.496 e. The summed E-state index contributed by atoms with van der Waals surface area (Å²) in [5.74, 6) is 0.599. The van der Waals surface area contributed by atoms with E-state index in [1.165, 1.54) is 0 Å². The summed E-state index contributed by atoms with van der Waals surface area (Å²) < 4.78 is 5.37. The molecule has 0 aliphatic carbocycles. The molecule has 1 aliphatic heterocycles. The Labute approximate surface area is 161 Å². The van der Waals surface area contributed by atoms with Gasteiger partial charge in [-0.05, 0) is 31.0 Å². The quantitative estimate of drug-likeness (QED) is 0.708. The number of aromatic amines is 1. The second-order valence-corrected chi connectivity index (χ2v) is 7.29. The number of rotatable bonds is 5. The van der Waals surface area contributed by atoms with E-state index in [4.69, 9.17) is 4.74 Å². The minimum absolute atomic E-state index is 0.128. The molecule has 0 atom stereocenters. The molecular formula is C19H21N5O2S. The second-order valence-electron chi connectivity index (χ2n) is 6.42. The first-order valence-corrected chi connectivity index (χ1v) is 9.76. The summed E-state index contributed by atoms with van der Waals surface area (Å²) in [5.41, 5.74) is 2.00. The molecule has 2 aromatic heterocycles. The van der Waals surface area contributed by atoms with Crippen molar-refractivity contribution in [2.45, 2.75) is 18.9 Å². The molecule has 0 unspecified atom stereocenters. The van der Waals surface area contributed by atoms with E-state index in [9.17, 15) is 4.79 Å².